The summed E-state index contributed by atoms with van der Waals surface area (Å²) in [4.78, 5) is 32.3. The SMILES string of the molecule is C[C@H]1C=C(C(N)=O)C=CC1CN1CCC(N2C(=O)N(C3CCCCC3)C[C@H]2c2ccccc2)CC1. The summed E-state index contributed by atoms with van der Waals surface area (Å²) in [5.74, 6) is 0.340. The number of piperidine rings is 1. The molecule has 6 heteroatoms. The van der Waals surface area contributed by atoms with Gasteiger partial charge in [0.25, 0.3) is 0 Å². The van der Waals surface area contributed by atoms with Gasteiger partial charge in [-0.05, 0) is 43.1 Å². The van der Waals surface area contributed by atoms with Crippen LogP contribution in [-0.4, -0.2) is 64.9 Å². The van der Waals surface area contributed by atoms with E-state index < -0.39 is 0 Å². The second-order valence-corrected chi connectivity index (χ2v) is 11.0. The zero-order valence-corrected chi connectivity index (χ0v) is 21.0. The molecule has 35 heavy (non-hydrogen) atoms. The first-order valence-corrected chi connectivity index (χ1v) is 13.6. The third-order valence-corrected chi connectivity index (χ3v) is 8.72. The van der Waals surface area contributed by atoms with E-state index in [0.717, 1.165) is 51.9 Å². The van der Waals surface area contributed by atoms with Gasteiger partial charge in [-0.3, -0.25) is 4.79 Å². The van der Waals surface area contributed by atoms with E-state index in [1.165, 1.54) is 24.8 Å². The molecule has 2 heterocycles. The van der Waals surface area contributed by atoms with Gasteiger partial charge >= 0.3 is 6.03 Å². The Kier molecular flexibility index (Phi) is 7.28. The molecule has 3 amide bonds. The molecule has 2 N–H and O–H groups in total. The maximum atomic E-state index is 13.8. The van der Waals surface area contributed by atoms with Gasteiger partial charge in [0, 0.05) is 43.8 Å². The van der Waals surface area contributed by atoms with Crippen LogP contribution >= 0.6 is 0 Å². The number of primary amides is 1. The number of urea groups is 1. The topological polar surface area (TPSA) is 69.9 Å². The molecule has 2 saturated heterocycles. The lowest BCUT2D eigenvalue weighted by molar-refractivity contribution is -0.114. The number of carbonyl (C=O) groups excluding carboxylic acids is 2. The van der Waals surface area contributed by atoms with Crippen LogP contribution in [0.5, 0.6) is 0 Å². The Morgan fingerprint density at radius 2 is 1.71 bits per heavy atom. The molecule has 1 aromatic carbocycles. The van der Waals surface area contributed by atoms with Crippen molar-refractivity contribution in [3.63, 3.8) is 0 Å². The summed E-state index contributed by atoms with van der Waals surface area (Å²) in [6, 6.07) is 11.7. The fourth-order valence-corrected chi connectivity index (χ4v) is 6.62. The van der Waals surface area contributed by atoms with Crippen LogP contribution in [0.1, 0.15) is 63.5 Å². The largest absolute Gasteiger partial charge is 0.366 e. The van der Waals surface area contributed by atoms with E-state index in [0.29, 0.717) is 29.5 Å². The first-order valence-electron chi connectivity index (χ1n) is 13.6. The normalized spacial score (nSPS) is 29.0. The molecule has 1 aromatic rings. The third kappa shape index (κ3) is 5.18. The lowest BCUT2D eigenvalue weighted by Gasteiger charge is -2.40. The molecule has 3 atom stereocenters. The Bertz CT molecular complexity index is 960. The van der Waals surface area contributed by atoms with Crippen LogP contribution in [0.3, 0.4) is 0 Å². The van der Waals surface area contributed by atoms with Gasteiger partial charge < -0.3 is 20.4 Å². The molecule has 4 aliphatic rings. The number of rotatable bonds is 6. The van der Waals surface area contributed by atoms with Crippen molar-refractivity contribution in [3.8, 4) is 0 Å². The molecule has 0 aromatic heterocycles. The van der Waals surface area contributed by atoms with Crippen molar-refractivity contribution in [2.45, 2.75) is 70.0 Å². The van der Waals surface area contributed by atoms with Crippen molar-refractivity contribution in [3.05, 3.63) is 59.7 Å². The lowest BCUT2D eigenvalue weighted by Crippen LogP contribution is -2.49. The minimum Gasteiger partial charge on any atom is -0.366 e. The summed E-state index contributed by atoms with van der Waals surface area (Å²) in [6.45, 7) is 5.98. The zero-order chi connectivity index (χ0) is 24.4. The molecule has 2 aliphatic heterocycles. The van der Waals surface area contributed by atoms with E-state index >= 15 is 0 Å². The molecule has 0 spiro atoms. The molecule has 1 saturated carbocycles. The Labute approximate surface area is 209 Å². The molecule has 188 valence electrons. The molecular formula is C29H40N4O2. The summed E-state index contributed by atoms with van der Waals surface area (Å²) < 4.78 is 0. The van der Waals surface area contributed by atoms with Gasteiger partial charge in [-0.1, -0.05) is 74.7 Å². The zero-order valence-electron chi connectivity index (χ0n) is 21.0. The molecule has 1 unspecified atom stereocenters. The first-order chi connectivity index (χ1) is 17.0. The highest BCUT2D eigenvalue weighted by atomic mass is 16.2. The fourth-order valence-electron chi connectivity index (χ4n) is 6.62. The van der Waals surface area contributed by atoms with E-state index in [2.05, 4.69) is 58.0 Å². The first kappa shape index (κ1) is 24.1. The van der Waals surface area contributed by atoms with Crippen molar-refractivity contribution < 1.29 is 9.59 Å². The molecule has 3 fully saturated rings. The Balaban J connectivity index is 1.24. The van der Waals surface area contributed by atoms with Crippen LogP contribution in [0.2, 0.25) is 0 Å². The van der Waals surface area contributed by atoms with Crippen LogP contribution in [0.25, 0.3) is 0 Å². The Morgan fingerprint density at radius 3 is 2.37 bits per heavy atom. The molecule has 6 nitrogen and oxygen atoms in total. The number of hydrogen-bond donors (Lipinski definition) is 1. The van der Waals surface area contributed by atoms with Crippen molar-refractivity contribution >= 4 is 11.9 Å². The number of amides is 3. The smallest absolute Gasteiger partial charge is 0.321 e. The Hall–Kier alpha value is -2.60. The molecule has 0 bridgehead atoms. The minimum absolute atomic E-state index is 0.154. The number of hydrogen-bond acceptors (Lipinski definition) is 3. The van der Waals surface area contributed by atoms with E-state index in [4.69, 9.17) is 5.73 Å². The molecule has 2 aliphatic carbocycles. The van der Waals surface area contributed by atoms with E-state index in [1.54, 1.807) is 0 Å². The number of allylic oxidation sites excluding steroid dienone is 1. The van der Waals surface area contributed by atoms with Crippen molar-refractivity contribution in [2.75, 3.05) is 26.2 Å². The summed E-state index contributed by atoms with van der Waals surface area (Å²) in [7, 11) is 0. The summed E-state index contributed by atoms with van der Waals surface area (Å²) >= 11 is 0. The highest BCUT2D eigenvalue weighted by Gasteiger charge is 2.45. The minimum atomic E-state index is -0.349. The Morgan fingerprint density at radius 1 is 1.00 bits per heavy atom. The number of nitrogens with zero attached hydrogens (tertiary/aromatic N) is 3. The van der Waals surface area contributed by atoms with Gasteiger partial charge in [0.15, 0.2) is 0 Å². The molecular weight excluding hydrogens is 436 g/mol. The van der Waals surface area contributed by atoms with Crippen molar-refractivity contribution in [2.24, 2.45) is 17.6 Å². The quantitative estimate of drug-likeness (QED) is 0.657. The van der Waals surface area contributed by atoms with Gasteiger partial charge in [0.05, 0.1) is 6.04 Å². The number of nitrogens with two attached hydrogens (primary N) is 1. The van der Waals surface area contributed by atoms with Crippen LogP contribution in [0.15, 0.2) is 54.1 Å². The summed E-state index contributed by atoms with van der Waals surface area (Å²) in [5.41, 5.74) is 7.33. The fraction of sp³-hybridized carbons (Fsp3) is 0.586. The van der Waals surface area contributed by atoms with E-state index in [-0.39, 0.29) is 18.0 Å². The van der Waals surface area contributed by atoms with Gasteiger partial charge in [0.1, 0.15) is 0 Å². The van der Waals surface area contributed by atoms with Gasteiger partial charge in [-0.15, -0.1) is 0 Å². The number of carbonyl (C=O) groups is 2. The molecule has 0 radical (unpaired) electrons. The second-order valence-electron chi connectivity index (χ2n) is 11.0. The summed E-state index contributed by atoms with van der Waals surface area (Å²) in [6.07, 6.45) is 14.2. The third-order valence-electron chi connectivity index (χ3n) is 8.72. The van der Waals surface area contributed by atoms with Crippen LogP contribution in [0, 0.1) is 11.8 Å². The lowest BCUT2D eigenvalue weighted by atomic mass is 9.86. The van der Waals surface area contributed by atoms with Gasteiger partial charge in [0.2, 0.25) is 5.91 Å². The highest BCUT2D eigenvalue weighted by Crippen LogP contribution is 2.38. The highest BCUT2D eigenvalue weighted by molar-refractivity contribution is 5.95. The number of benzene rings is 1. The maximum Gasteiger partial charge on any atom is 0.321 e. The van der Waals surface area contributed by atoms with Gasteiger partial charge in [-0.2, -0.15) is 0 Å². The van der Waals surface area contributed by atoms with E-state index in [1.807, 2.05) is 12.2 Å². The van der Waals surface area contributed by atoms with Gasteiger partial charge in [-0.25, -0.2) is 4.79 Å². The standard InChI is InChI=1S/C29H40N4O2/c1-21-18-23(28(30)34)12-13-24(21)19-31-16-14-26(15-17-31)33-27(22-8-4-2-5-9-22)20-32(29(33)35)25-10-6-3-7-11-25/h2,4-5,8-9,12-13,18,21,24-27H,3,6-7,10-11,14-17,19-20H2,1H3,(H2,30,34)/t21-,24?,27-/m0/s1. The predicted octanol–water partition coefficient (Wildman–Crippen LogP) is 4.50. The molecule has 5 rings (SSSR count). The predicted molar refractivity (Wildman–Crippen MR) is 139 cm³/mol. The van der Waals surface area contributed by atoms with Crippen LogP contribution < -0.4 is 5.73 Å². The van der Waals surface area contributed by atoms with Crippen molar-refractivity contribution in [1.82, 2.24) is 14.7 Å². The monoisotopic (exact) mass is 476 g/mol. The average molecular weight is 477 g/mol. The van der Waals surface area contributed by atoms with Crippen LogP contribution in [-0.2, 0) is 4.79 Å². The van der Waals surface area contributed by atoms with Crippen molar-refractivity contribution in [1.29, 1.82) is 0 Å². The summed E-state index contributed by atoms with van der Waals surface area (Å²) in [5, 5.41) is 0. The van der Waals surface area contributed by atoms with Crippen LogP contribution in [0.4, 0.5) is 4.79 Å². The van der Waals surface area contributed by atoms with E-state index in [9.17, 15) is 9.59 Å². The second kappa shape index (κ2) is 10.6. The number of likely N-dealkylation sites (tertiary alicyclic amines) is 1. The average Bonchev–Trinajstić information content (AvgIpc) is 3.23. The maximum absolute atomic E-state index is 13.8.